The SMILES string of the molecule is COc1ccccc1NC(=O)COC(=O)c1ccc(SC)cc1OC. The molecule has 0 bridgehead atoms. The van der Waals surface area contributed by atoms with E-state index in [-0.39, 0.29) is 5.56 Å². The standard InChI is InChI=1S/C18H19NO5S/c1-22-15-7-5-4-6-14(15)19-17(20)11-24-18(21)13-9-8-12(25-3)10-16(13)23-2/h4-10H,11H2,1-3H3,(H,19,20). The van der Waals surface area contributed by atoms with Crippen LogP contribution in [0.15, 0.2) is 47.4 Å². The van der Waals surface area contributed by atoms with Crippen molar-refractivity contribution in [2.24, 2.45) is 0 Å². The fourth-order valence-corrected chi connectivity index (χ4v) is 2.54. The topological polar surface area (TPSA) is 73.9 Å². The molecule has 1 amide bonds. The number of hydrogen-bond acceptors (Lipinski definition) is 6. The molecule has 2 aromatic carbocycles. The Kier molecular flexibility index (Phi) is 6.71. The molecule has 0 unspecified atom stereocenters. The molecule has 0 saturated carbocycles. The molecule has 7 heteroatoms. The molecule has 0 saturated heterocycles. The number of hydrogen-bond donors (Lipinski definition) is 1. The Hall–Kier alpha value is -2.67. The largest absolute Gasteiger partial charge is 0.496 e. The second-order valence-electron chi connectivity index (χ2n) is 4.89. The molecular weight excluding hydrogens is 342 g/mol. The first-order valence-electron chi connectivity index (χ1n) is 7.41. The maximum absolute atomic E-state index is 12.2. The zero-order chi connectivity index (χ0) is 18.2. The summed E-state index contributed by atoms with van der Waals surface area (Å²) in [5.74, 6) is -0.157. The third-order valence-corrected chi connectivity index (χ3v) is 4.07. The first-order chi connectivity index (χ1) is 12.1. The first kappa shape index (κ1) is 18.7. The zero-order valence-corrected chi connectivity index (χ0v) is 15.0. The van der Waals surface area contributed by atoms with E-state index in [1.54, 1.807) is 42.5 Å². The second kappa shape index (κ2) is 8.98. The highest BCUT2D eigenvalue weighted by atomic mass is 32.2. The zero-order valence-electron chi connectivity index (χ0n) is 14.2. The lowest BCUT2D eigenvalue weighted by Gasteiger charge is -2.11. The van der Waals surface area contributed by atoms with Crippen LogP contribution in [-0.2, 0) is 9.53 Å². The van der Waals surface area contributed by atoms with Crippen molar-refractivity contribution in [3.8, 4) is 11.5 Å². The molecule has 1 N–H and O–H groups in total. The molecule has 0 aliphatic carbocycles. The van der Waals surface area contributed by atoms with Gasteiger partial charge < -0.3 is 19.5 Å². The van der Waals surface area contributed by atoms with Gasteiger partial charge in [-0.05, 0) is 36.6 Å². The van der Waals surface area contributed by atoms with E-state index >= 15 is 0 Å². The summed E-state index contributed by atoms with van der Waals surface area (Å²) in [5.41, 5.74) is 0.776. The first-order valence-corrected chi connectivity index (χ1v) is 8.63. The van der Waals surface area contributed by atoms with E-state index in [1.807, 2.05) is 6.26 Å². The van der Waals surface area contributed by atoms with E-state index in [0.717, 1.165) is 4.90 Å². The van der Waals surface area contributed by atoms with Gasteiger partial charge in [0.2, 0.25) is 0 Å². The van der Waals surface area contributed by atoms with Crippen LogP contribution in [0.25, 0.3) is 0 Å². The van der Waals surface area contributed by atoms with E-state index in [9.17, 15) is 9.59 Å². The van der Waals surface area contributed by atoms with Gasteiger partial charge in [-0.1, -0.05) is 12.1 Å². The molecule has 25 heavy (non-hydrogen) atoms. The van der Waals surface area contributed by atoms with Gasteiger partial charge in [-0.3, -0.25) is 4.79 Å². The molecule has 0 heterocycles. The summed E-state index contributed by atoms with van der Waals surface area (Å²) in [7, 11) is 2.99. The second-order valence-corrected chi connectivity index (χ2v) is 5.77. The van der Waals surface area contributed by atoms with Crippen molar-refractivity contribution in [2.45, 2.75) is 4.90 Å². The lowest BCUT2D eigenvalue weighted by Crippen LogP contribution is -2.21. The highest BCUT2D eigenvalue weighted by Crippen LogP contribution is 2.26. The van der Waals surface area contributed by atoms with Gasteiger partial charge in [-0.2, -0.15) is 0 Å². The van der Waals surface area contributed by atoms with Gasteiger partial charge in [0.1, 0.15) is 17.1 Å². The minimum atomic E-state index is -0.625. The average molecular weight is 361 g/mol. The predicted octanol–water partition coefficient (Wildman–Crippen LogP) is 3.22. The van der Waals surface area contributed by atoms with Gasteiger partial charge in [0.15, 0.2) is 6.61 Å². The molecule has 0 fully saturated rings. The van der Waals surface area contributed by atoms with Crippen LogP contribution in [-0.4, -0.2) is 39.0 Å². The van der Waals surface area contributed by atoms with Crippen LogP contribution < -0.4 is 14.8 Å². The molecule has 0 radical (unpaired) electrons. The number of amides is 1. The van der Waals surface area contributed by atoms with Crippen LogP contribution >= 0.6 is 11.8 Å². The van der Waals surface area contributed by atoms with Crippen molar-refractivity contribution in [3.05, 3.63) is 48.0 Å². The molecule has 0 spiro atoms. The normalized spacial score (nSPS) is 10.0. The van der Waals surface area contributed by atoms with E-state index in [1.165, 1.54) is 26.0 Å². The predicted molar refractivity (Wildman–Crippen MR) is 96.7 cm³/mol. The summed E-state index contributed by atoms with van der Waals surface area (Å²) >= 11 is 1.53. The molecule has 0 atom stereocenters. The highest BCUT2D eigenvalue weighted by Gasteiger charge is 2.16. The van der Waals surface area contributed by atoms with Crippen LogP contribution in [0.5, 0.6) is 11.5 Å². The Morgan fingerprint density at radius 1 is 1.04 bits per heavy atom. The number of thioether (sulfide) groups is 1. The maximum atomic E-state index is 12.2. The number of methoxy groups -OCH3 is 2. The number of benzene rings is 2. The Morgan fingerprint density at radius 3 is 2.44 bits per heavy atom. The molecule has 2 aromatic rings. The highest BCUT2D eigenvalue weighted by molar-refractivity contribution is 7.98. The number of carbonyl (C=O) groups excluding carboxylic acids is 2. The van der Waals surface area contributed by atoms with Crippen LogP contribution in [0.2, 0.25) is 0 Å². The summed E-state index contributed by atoms with van der Waals surface area (Å²) in [6.45, 7) is -0.412. The van der Waals surface area contributed by atoms with Crippen LogP contribution in [0.4, 0.5) is 5.69 Å². The van der Waals surface area contributed by atoms with Gasteiger partial charge in [-0.25, -0.2) is 4.79 Å². The van der Waals surface area contributed by atoms with Crippen molar-refractivity contribution in [2.75, 3.05) is 32.4 Å². The number of nitrogens with one attached hydrogen (secondary N) is 1. The number of rotatable bonds is 7. The summed E-state index contributed by atoms with van der Waals surface area (Å²) in [6, 6.07) is 12.1. The molecule has 0 aliphatic heterocycles. The van der Waals surface area contributed by atoms with E-state index in [4.69, 9.17) is 14.2 Å². The monoisotopic (exact) mass is 361 g/mol. The van der Waals surface area contributed by atoms with Crippen LogP contribution in [0.1, 0.15) is 10.4 Å². The Balaban J connectivity index is 1.99. The van der Waals surface area contributed by atoms with E-state index < -0.39 is 18.5 Å². The summed E-state index contributed by atoms with van der Waals surface area (Å²) in [5, 5.41) is 2.64. The Labute approximate surface area is 150 Å². The Morgan fingerprint density at radius 2 is 1.76 bits per heavy atom. The van der Waals surface area contributed by atoms with Gasteiger partial charge in [0, 0.05) is 4.90 Å². The molecule has 132 valence electrons. The fraction of sp³-hybridized carbons (Fsp3) is 0.222. The lowest BCUT2D eigenvalue weighted by atomic mass is 10.2. The lowest BCUT2D eigenvalue weighted by molar-refractivity contribution is -0.119. The van der Waals surface area contributed by atoms with Crippen molar-refractivity contribution in [3.63, 3.8) is 0 Å². The van der Waals surface area contributed by atoms with Crippen molar-refractivity contribution < 1.29 is 23.8 Å². The molecule has 0 aliphatic rings. The van der Waals surface area contributed by atoms with Gasteiger partial charge in [-0.15, -0.1) is 11.8 Å². The number of para-hydroxylation sites is 2. The minimum Gasteiger partial charge on any atom is -0.496 e. The number of ether oxygens (including phenoxy) is 3. The quantitative estimate of drug-likeness (QED) is 0.603. The molecule has 0 aromatic heterocycles. The third-order valence-electron chi connectivity index (χ3n) is 3.34. The summed E-state index contributed by atoms with van der Waals surface area (Å²) in [4.78, 5) is 25.1. The molecular formula is C18H19NO5S. The van der Waals surface area contributed by atoms with Gasteiger partial charge in [0.25, 0.3) is 5.91 Å². The third kappa shape index (κ3) is 4.90. The van der Waals surface area contributed by atoms with Crippen molar-refractivity contribution in [1.82, 2.24) is 0 Å². The molecule has 6 nitrogen and oxygen atoms in total. The average Bonchev–Trinajstić information content (AvgIpc) is 2.65. The van der Waals surface area contributed by atoms with Gasteiger partial charge >= 0.3 is 5.97 Å². The van der Waals surface area contributed by atoms with Crippen LogP contribution in [0, 0.1) is 0 Å². The maximum Gasteiger partial charge on any atom is 0.342 e. The summed E-state index contributed by atoms with van der Waals surface area (Å²) in [6.07, 6.45) is 1.93. The smallest absolute Gasteiger partial charge is 0.342 e. The molecule has 2 rings (SSSR count). The van der Waals surface area contributed by atoms with Gasteiger partial charge in [0.05, 0.1) is 19.9 Å². The van der Waals surface area contributed by atoms with Crippen molar-refractivity contribution >= 4 is 29.3 Å². The van der Waals surface area contributed by atoms with E-state index in [0.29, 0.717) is 17.2 Å². The number of carbonyl (C=O) groups is 2. The van der Waals surface area contributed by atoms with Crippen molar-refractivity contribution in [1.29, 1.82) is 0 Å². The minimum absolute atomic E-state index is 0.269. The fourth-order valence-electron chi connectivity index (χ4n) is 2.11. The number of anilines is 1. The van der Waals surface area contributed by atoms with Crippen LogP contribution in [0.3, 0.4) is 0 Å². The number of esters is 1. The van der Waals surface area contributed by atoms with E-state index in [2.05, 4.69) is 5.32 Å². The summed E-state index contributed by atoms with van der Waals surface area (Å²) < 4.78 is 15.4. The Bertz CT molecular complexity index is 763.